The lowest BCUT2D eigenvalue weighted by molar-refractivity contribution is -0.119. The number of nitrogen functional groups attached to an aromatic ring is 1. The number of carbonyl (C=O) groups excluding carboxylic acids is 1. The fraction of sp³-hybridized carbons (Fsp3) is 0.188. The minimum absolute atomic E-state index is 0.0489. The van der Waals surface area contributed by atoms with Crippen LogP contribution < -0.4 is 16.4 Å². The van der Waals surface area contributed by atoms with Gasteiger partial charge in [0.05, 0.1) is 0 Å². The Morgan fingerprint density at radius 3 is 2.43 bits per heavy atom. The maximum absolute atomic E-state index is 11.4. The van der Waals surface area contributed by atoms with E-state index in [0.29, 0.717) is 6.54 Å². The molecule has 1 amide bonds. The minimum Gasteiger partial charge on any atom is -0.398 e. The van der Waals surface area contributed by atoms with Gasteiger partial charge in [0.1, 0.15) is 6.61 Å². The van der Waals surface area contributed by atoms with E-state index in [2.05, 4.69) is 10.6 Å². The summed E-state index contributed by atoms with van der Waals surface area (Å²) in [5, 5.41) is 6.03. The van der Waals surface area contributed by atoms with Gasteiger partial charge in [-0.2, -0.15) is 0 Å². The van der Waals surface area contributed by atoms with Gasteiger partial charge in [-0.3, -0.25) is 4.79 Å². The molecule has 5 nitrogen and oxygen atoms in total. The highest BCUT2D eigenvalue weighted by Gasteiger charge is 2.02. The van der Waals surface area contributed by atoms with Crippen LogP contribution in [0.3, 0.4) is 0 Å². The molecular formula is C16H19N3O2. The van der Waals surface area contributed by atoms with Gasteiger partial charge in [-0.15, -0.1) is 0 Å². The van der Waals surface area contributed by atoms with Crippen molar-refractivity contribution in [1.82, 2.24) is 0 Å². The molecule has 0 heterocycles. The third-order valence-electron chi connectivity index (χ3n) is 2.98. The topological polar surface area (TPSA) is 76.4 Å². The number of hydrogen-bond donors (Lipinski definition) is 3. The van der Waals surface area contributed by atoms with Gasteiger partial charge in [0.15, 0.2) is 0 Å². The fourth-order valence-corrected chi connectivity index (χ4v) is 1.89. The molecule has 2 rings (SSSR count). The van der Waals surface area contributed by atoms with E-state index in [1.54, 1.807) is 0 Å². The quantitative estimate of drug-likeness (QED) is 0.713. The molecule has 0 spiro atoms. The summed E-state index contributed by atoms with van der Waals surface area (Å²) in [5.74, 6) is -0.171. The molecule has 0 aromatic heterocycles. The molecule has 0 aliphatic rings. The number of anilines is 3. The van der Waals surface area contributed by atoms with Gasteiger partial charge in [-0.1, -0.05) is 18.2 Å². The average Bonchev–Trinajstić information content (AvgIpc) is 2.48. The van der Waals surface area contributed by atoms with Crippen molar-refractivity contribution in [2.24, 2.45) is 0 Å². The van der Waals surface area contributed by atoms with Crippen molar-refractivity contribution < 1.29 is 9.53 Å². The van der Waals surface area contributed by atoms with Crippen molar-refractivity contribution in [3.63, 3.8) is 0 Å². The van der Waals surface area contributed by atoms with Crippen LogP contribution in [0, 0.1) is 0 Å². The molecule has 0 aliphatic carbocycles. The summed E-state index contributed by atoms with van der Waals surface area (Å²) in [6.45, 7) is 0.704. The number of carbonyl (C=O) groups is 1. The largest absolute Gasteiger partial charge is 0.398 e. The van der Waals surface area contributed by atoms with E-state index in [1.807, 2.05) is 48.5 Å². The second-order valence-electron chi connectivity index (χ2n) is 4.61. The number of hydrogen-bond acceptors (Lipinski definition) is 4. The Hall–Kier alpha value is -2.53. The van der Waals surface area contributed by atoms with Crippen LogP contribution in [0.1, 0.15) is 5.56 Å². The first kappa shape index (κ1) is 14.9. The van der Waals surface area contributed by atoms with E-state index in [4.69, 9.17) is 10.5 Å². The standard InChI is InChI=1S/C16H19N3O2/c1-21-11-16(20)19-14-8-6-13(7-9-14)18-10-12-4-2-3-5-15(12)17/h2-9,18H,10-11,17H2,1H3,(H,19,20). The molecule has 0 unspecified atom stereocenters. The van der Waals surface area contributed by atoms with Crippen molar-refractivity contribution in [2.75, 3.05) is 30.1 Å². The molecular weight excluding hydrogens is 266 g/mol. The van der Waals surface area contributed by atoms with Gasteiger partial charge >= 0.3 is 0 Å². The van der Waals surface area contributed by atoms with Crippen molar-refractivity contribution in [3.05, 3.63) is 54.1 Å². The van der Waals surface area contributed by atoms with E-state index >= 15 is 0 Å². The predicted molar refractivity (Wildman–Crippen MR) is 85.1 cm³/mol. The number of ether oxygens (including phenoxy) is 1. The summed E-state index contributed by atoms with van der Waals surface area (Å²) in [5.41, 5.74) is 9.41. The lowest BCUT2D eigenvalue weighted by Gasteiger charge is -2.10. The summed E-state index contributed by atoms with van der Waals surface area (Å²) in [7, 11) is 1.49. The Balaban J connectivity index is 1.91. The van der Waals surface area contributed by atoms with Crippen LogP contribution in [-0.2, 0) is 16.1 Å². The monoisotopic (exact) mass is 285 g/mol. The first-order valence-electron chi connectivity index (χ1n) is 6.65. The molecule has 0 saturated heterocycles. The van der Waals surface area contributed by atoms with E-state index in [-0.39, 0.29) is 12.5 Å². The third kappa shape index (κ3) is 4.50. The second kappa shape index (κ2) is 7.31. The SMILES string of the molecule is COCC(=O)Nc1ccc(NCc2ccccc2N)cc1. The summed E-state index contributed by atoms with van der Waals surface area (Å²) < 4.78 is 4.76. The number of amides is 1. The number of rotatable bonds is 6. The van der Waals surface area contributed by atoms with Crippen LogP contribution in [-0.4, -0.2) is 19.6 Å². The van der Waals surface area contributed by atoms with Crippen LogP contribution in [0.25, 0.3) is 0 Å². The second-order valence-corrected chi connectivity index (χ2v) is 4.61. The predicted octanol–water partition coefficient (Wildman–Crippen LogP) is 2.47. The lowest BCUT2D eigenvalue weighted by atomic mass is 10.2. The molecule has 5 heteroatoms. The van der Waals surface area contributed by atoms with E-state index in [1.165, 1.54) is 7.11 Å². The number of methoxy groups -OCH3 is 1. The molecule has 2 aromatic rings. The number of benzene rings is 2. The Bertz CT molecular complexity index is 597. The smallest absolute Gasteiger partial charge is 0.250 e. The van der Waals surface area contributed by atoms with Gasteiger partial charge in [0.25, 0.3) is 0 Å². The van der Waals surface area contributed by atoms with Gasteiger partial charge in [0, 0.05) is 30.7 Å². The lowest BCUT2D eigenvalue weighted by Crippen LogP contribution is -2.16. The molecule has 0 atom stereocenters. The molecule has 21 heavy (non-hydrogen) atoms. The molecule has 0 radical (unpaired) electrons. The first-order valence-corrected chi connectivity index (χ1v) is 6.65. The summed E-state index contributed by atoms with van der Waals surface area (Å²) in [4.78, 5) is 11.4. The minimum atomic E-state index is -0.171. The first-order chi connectivity index (χ1) is 10.2. The van der Waals surface area contributed by atoms with Gasteiger partial charge < -0.3 is 21.1 Å². The number of para-hydroxylation sites is 1. The molecule has 2 aromatic carbocycles. The van der Waals surface area contributed by atoms with Crippen molar-refractivity contribution >= 4 is 23.0 Å². The summed E-state index contributed by atoms with van der Waals surface area (Å²) >= 11 is 0. The molecule has 0 bridgehead atoms. The summed E-state index contributed by atoms with van der Waals surface area (Å²) in [6, 6.07) is 15.2. The number of nitrogens with one attached hydrogen (secondary N) is 2. The normalized spacial score (nSPS) is 10.1. The Morgan fingerprint density at radius 1 is 1.10 bits per heavy atom. The van der Waals surface area contributed by atoms with Crippen LogP contribution >= 0.6 is 0 Å². The molecule has 110 valence electrons. The third-order valence-corrected chi connectivity index (χ3v) is 2.98. The zero-order valence-electron chi connectivity index (χ0n) is 11.9. The van der Waals surface area contributed by atoms with Crippen molar-refractivity contribution in [1.29, 1.82) is 0 Å². The van der Waals surface area contributed by atoms with Gasteiger partial charge in [-0.05, 0) is 35.9 Å². The Kier molecular flexibility index (Phi) is 5.17. The van der Waals surface area contributed by atoms with Gasteiger partial charge in [-0.25, -0.2) is 0 Å². The maximum Gasteiger partial charge on any atom is 0.250 e. The zero-order chi connectivity index (χ0) is 15.1. The van der Waals surface area contributed by atoms with Crippen LogP contribution in [0.15, 0.2) is 48.5 Å². The molecule has 0 fully saturated rings. The van der Waals surface area contributed by atoms with Crippen LogP contribution in [0.4, 0.5) is 17.1 Å². The van der Waals surface area contributed by atoms with Crippen molar-refractivity contribution in [2.45, 2.75) is 6.54 Å². The van der Waals surface area contributed by atoms with Crippen molar-refractivity contribution in [3.8, 4) is 0 Å². The average molecular weight is 285 g/mol. The van der Waals surface area contributed by atoms with E-state index in [9.17, 15) is 4.79 Å². The highest BCUT2D eigenvalue weighted by atomic mass is 16.5. The Labute approximate surface area is 124 Å². The van der Waals surface area contributed by atoms with Gasteiger partial charge in [0.2, 0.25) is 5.91 Å². The van der Waals surface area contributed by atoms with Crippen LogP contribution in [0.5, 0.6) is 0 Å². The molecule has 0 saturated carbocycles. The highest BCUT2D eigenvalue weighted by molar-refractivity contribution is 5.91. The maximum atomic E-state index is 11.4. The molecule has 4 N–H and O–H groups in total. The van der Waals surface area contributed by atoms with Crippen LogP contribution in [0.2, 0.25) is 0 Å². The van der Waals surface area contributed by atoms with E-state index in [0.717, 1.165) is 22.6 Å². The fourth-order valence-electron chi connectivity index (χ4n) is 1.89. The zero-order valence-corrected chi connectivity index (χ0v) is 11.9. The number of nitrogens with two attached hydrogens (primary N) is 1. The summed E-state index contributed by atoms with van der Waals surface area (Å²) in [6.07, 6.45) is 0. The highest BCUT2D eigenvalue weighted by Crippen LogP contribution is 2.16. The molecule has 0 aliphatic heterocycles. The Morgan fingerprint density at radius 2 is 1.76 bits per heavy atom. The van der Waals surface area contributed by atoms with E-state index < -0.39 is 0 Å².